The molecule has 0 saturated heterocycles. The van der Waals surface area contributed by atoms with E-state index in [4.69, 9.17) is 11.6 Å². The van der Waals surface area contributed by atoms with E-state index >= 15 is 0 Å². The van der Waals surface area contributed by atoms with E-state index in [2.05, 4.69) is 0 Å². The summed E-state index contributed by atoms with van der Waals surface area (Å²) in [5, 5.41) is 21.8. The Labute approximate surface area is 84.1 Å². The molecule has 14 heavy (non-hydrogen) atoms. The molecule has 0 aliphatic heterocycles. The predicted octanol–water partition coefficient (Wildman–Crippen LogP) is 1.44. The first-order valence-corrected chi connectivity index (χ1v) is 3.96. The lowest BCUT2D eigenvalue weighted by Gasteiger charge is -2.12. The lowest BCUT2D eigenvalue weighted by Crippen LogP contribution is -2.04. The number of benzene rings is 1. The number of hydrogen-bond acceptors (Lipinski definition) is 4. The summed E-state index contributed by atoms with van der Waals surface area (Å²) in [6.45, 7) is 1.36. The summed E-state index contributed by atoms with van der Waals surface area (Å²) < 4.78 is 0. The highest BCUT2D eigenvalue weighted by Gasteiger charge is 2.17. The van der Waals surface area contributed by atoms with Crippen LogP contribution < -0.4 is 5.11 Å². The number of carbonyl (C=O) groups excluding carboxylic acids is 1. The first-order valence-electron chi connectivity index (χ1n) is 3.58. The fourth-order valence-electron chi connectivity index (χ4n) is 1.04. The minimum atomic E-state index is -0.896. The van der Waals surface area contributed by atoms with Crippen molar-refractivity contribution < 1.29 is 14.8 Å². The van der Waals surface area contributed by atoms with Gasteiger partial charge in [0.1, 0.15) is 6.29 Å². The fourth-order valence-corrected chi connectivity index (χ4v) is 1.24. The lowest BCUT2D eigenvalue weighted by atomic mass is 10.1. The van der Waals surface area contributed by atoms with Crippen LogP contribution >= 0.6 is 11.6 Å². The van der Waals surface area contributed by atoms with Crippen LogP contribution in [0.1, 0.15) is 15.9 Å². The molecule has 1 aromatic rings. The Balaban J connectivity index is 3.61. The maximum absolute atomic E-state index is 11.3. The van der Waals surface area contributed by atoms with E-state index in [0.29, 0.717) is 0 Å². The Bertz CT molecular complexity index is 416. The molecule has 0 atom stereocenters. The van der Waals surface area contributed by atoms with Crippen LogP contribution in [-0.2, 0) is 0 Å². The maximum atomic E-state index is 11.3. The zero-order valence-electron chi connectivity index (χ0n) is 7.11. The fraction of sp³-hybridized carbons (Fsp3) is 0.125. The van der Waals surface area contributed by atoms with E-state index in [1.807, 2.05) is 0 Å². The molecule has 0 aliphatic carbocycles. The van der Waals surface area contributed by atoms with Crippen molar-refractivity contribution in [2.75, 3.05) is 0 Å². The molecule has 0 heterocycles. The zero-order chi connectivity index (χ0) is 10.9. The van der Waals surface area contributed by atoms with Crippen LogP contribution in [0.3, 0.4) is 0 Å². The van der Waals surface area contributed by atoms with Gasteiger partial charge in [-0.2, -0.15) is 0 Å². The van der Waals surface area contributed by atoms with Gasteiger partial charge >= 0.3 is 0 Å². The van der Waals surface area contributed by atoms with Crippen molar-refractivity contribution in [1.29, 1.82) is 0 Å². The first kappa shape index (κ1) is 10.5. The third-order valence-electron chi connectivity index (χ3n) is 1.78. The third-order valence-corrected chi connectivity index (χ3v) is 2.18. The molecular formula is C8H5ClNO4-. The highest BCUT2D eigenvalue weighted by molar-refractivity contribution is 6.32. The molecular weight excluding hydrogens is 210 g/mol. The summed E-state index contributed by atoms with van der Waals surface area (Å²) in [5.41, 5.74) is -0.862. The van der Waals surface area contributed by atoms with Gasteiger partial charge in [0, 0.05) is 11.1 Å². The summed E-state index contributed by atoms with van der Waals surface area (Å²) in [4.78, 5) is 20.0. The van der Waals surface area contributed by atoms with E-state index in [0.717, 1.165) is 6.07 Å². The van der Waals surface area contributed by atoms with Crippen LogP contribution in [0.2, 0.25) is 5.02 Å². The summed E-state index contributed by atoms with van der Waals surface area (Å²) in [5.74, 6) is -0.896. The van der Waals surface area contributed by atoms with E-state index in [1.165, 1.54) is 6.92 Å². The van der Waals surface area contributed by atoms with Crippen LogP contribution in [0, 0.1) is 17.0 Å². The molecule has 0 spiro atoms. The Morgan fingerprint density at radius 2 is 2.14 bits per heavy atom. The van der Waals surface area contributed by atoms with Crippen molar-refractivity contribution in [3.05, 3.63) is 32.3 Å². The second-order valence-electron chi connectivity index (χ2n) is 2.63. The number of rotatable bonds is 2. The molecule has 0 radical (unpaired) electrons. The summed E-state index contributed by atoms with van der Waals surface area (Å²) in [6.07, 6.45) is 0.251. The predicted molar refractivity (Wildman–Crippen MR) is 47.7 cm³/mol. The first-order chi connectivity index (χ1) is 6.49. The molecule has 5 nitrogen and oxygen atoms in total. The minimum absolute atomic E-state index is 0.0402. The number of nitro benzene ring substituents is 1. The molecule has 0 amide bonds. The van der Waals surface area contributed by atoms with Crippen molar-refractivity contribution in [3.63, 3.8) is 0 Å². The van der Waals surface area contributed by atoms with Crippen molar-refractivity contribution in [1.82, 2.24) is 0 Å². The van der Waals surface area contributed by atoms with E-state index in [9.17, 15) is 20.0 Å². The van der Waals surface area contributed by atoms with Crippen molar-refractivity contribution in [3.8, 4) is 5.75 Å². The molecule has 74 valence electrons. The maximum Gasteiger partial charge on any atom is 0.266 e. The third kappa shape index (κ3) is 1.54. The van der Waals surface area contributed by atoms with Crippen molar-refractivity contribution >= 4 is 23.6 Å². The van der Waals surface area contributed by atoms with Crippen LogP contribution in [0.5, 0.6) is 5.75 Å². The molecule has 0 N–H and O–H groups in total. The molecule has 1 aromatic carbocycles. The SMILES string of the molecule is Cc1c(Cl)cc(C=O)c([O-])c1[N+](=O)[O-]. The number of hydrogen-bond donors (Lipinski definition) is 0. The Morgan fingerprint density at radius 1 is 1.57 bits per heavy atom. The number of aldehydes is 1. The van der Waals surface area contributed by atoms with Crippen LogP contribution in [-0.4, -0.2) is 11.2 Å². The van der Waals surface area contributed by atoms with Crippen LogP contribution in [0.15, 0.2) is 6.07 Å². The van der Waals surface area contributed by atoms with E-state index < -0.39 is 16.4 Å². The molecule has 6 heteroatoms. The molecule has 1 rings (SSSR count). The topological polar surface area (TPSA) is 83.3 Å². The molecule has 0 aliphatic rings. The van der Waals surface area contributed by atoms with Gasteiger partial charge in [-0.3, -0.25) is 14.9 Å². The molecule has 0 unspecified atom stereocenters. The largest absolute Gasteiger partial charge is 0.867 e. The van der Waals surface area contributed by atoms with Gasteiger partial charge in [0.05, 0.1) is 9.95 Å². The van der Waals surface area contributed by atoms with Gasteiger partial charge in [-0.25, -0.2) is 0 Å². The number of nitrogens with zero attached hydrogens (tertiary/aromatic N) is 1. The van der Waals surface area contributed by atoms with Crippen molar-refractivity contribution in [2.45, 2.75) is 6.92 Å². The normalized spacial score (nSPS) is 9.86. The average Bonchev–Trinajstić information content (AvgIpc) is 2.11. The molecule has 0 saturated carbocycles. The second kappa shape index (κ2) is 3.63. The van der Waals surface area contributed by atoms with Crippen LogP contribution in [0.25, 0.3) is 0 Å². The van der Waals surface area contributed by atoms with Gasteiger partial charge in [0.2, 0.25) is 0 Å². The van der Waals surface area contributed by atoms with Gasteiger partial charge < -0.3 is 5.11 Å². The zero-order valence-corrected chi connectivity index (χ0v) is 7.87. The molecule has 0 bridgehead atoms. The quantitative estimate of drug-likeness (QED) is 0.424. The molecule has 0 aromatic heterocycles. The van der Waals surface area contributed by atoms with Crippen molar-refractivity contribution in [2.24, 2.45) is 0 Å². The second-order valence-corrected chi connectivity index (χ2v) is 3.03. The minimum Gasteiger partial charge on any atom is -0.867 e. The monoisotopic (exact) mass is 214 g/mol. The number of nitro groups is 1. The average molecular weight is 215 g/mol. The Kier molecular flexibility index (Phi) is 2.71. The van der Waals surface area contributed by atoms with E-state index in [1.54, 1.807) is 0 Å². The number of carbonyl (C=O) groups is 1. The number of halogens is 1. The lowest BCUT2D eigenvalue weighted by molar-refractivity contribution is -0.398. The highest BCUT2D eigenvalue weighted by atomic mass is 35.5. The van der Waals surface area contributed by atoms with Gasteiger partial charge in [-0.15, -0.1) is 0 Å². The van der Waals surface area contributed by atoms with E-state index in [-0.39, 0.29) is 22.4 Å². The smallest absolute Gasteiger partial charge is 0.266 e. The summed E-state index contributed by atoms with van der Waals surface area (Å²) in [6, 6.07) is 1.12. The Morgan fingerprint density at radius 3 is 2.57 bits per heavy atom. The highest BCUT2D eigenvalue weighted by Crippen LogP contribution is 2.34. The van der Waals surface area contributed by atoms with Gasteiger partial charge in [0.15, 0.2) is 0 Å². The summed E-state index contributed by atoms with van der Waals surface area (Å²) >= 11 is 5.61. The standard InChI is InChI=1S/C8H6ClNO4/c1-4-6(9)2-5(3-11)8(12)7(4)10(13)14/h2-3,12H,1H3/p-1. The van der Waals surface area contributed by atoms with Crippen LogP contribution in [0.4, 0.5) is 5.69 Å². The Hall–Kier alpha value is -1.62. The molecule has 0 fully saturated rings. The van der Waals surface area contributed by atoms with Gasteiger partial charge in [-0.1, -0.05) is 11.6 Å². The van der Waals surface area contributed by atoms with Gasteiger partial charge in [0.25, 0.3) is 5.69 Å². The van der Waals surface area contributed by atoms with Gasteiger partial charge in [-0.05, 0) is 18.7 Å². The summed E-state index contributed by atoms with van der Waals surface area (Å²) in [7, 11) is 0.